The van der Waals surface area contributed by atoms with Gasteiger partial charge >= 0.3 is 6.03 Å². The molecule has 1 heterocycles. The number of benzene rings is 2. The first kappa shape index (κ1) is 23.8. The van der Waals surface area contributed by atoms with Crippen molar-refractivity contribution in [2.45, 2.75) is 13.8 Å². The summed E-state index contributed by atoms with van der Waals surface area (Å²) in [6.45, 7) is 7.99. The molecule has 1 aliphatic heterocycles. The average molecular weight is 456 g/mol. The topological polar surface area (TPSA) is 98.4 Å². The predicted octanol–water partition coefficient (Wildman–Crippen LogP) is 4.29. The van der Waals surface area contributed by atoms with E-state index in [0.717, 1.165) is 0 Å². The fourth-order valence-corrected chi connectivity index (χ4v) is 3.48. The Morgan fingerprint density at radius 2 is 1.73 bits per heavy atom. The van der Waals surface area contributed by atoms with E-state index in [1.54, 1.807) is 41.3 Å². The Morgan fingerprint density at radius 1 is 1.09 bits per heavy atom. The minimum Gasteiger partial charge on any atom is -0.493 e. The zero-order valence-corrected chi connectivity index (χ0v) is 19.5. The van der Waals surface area contributed by atoms with Crippen molar-refractivity contribution in [3.63, 3.8) is 0 Å². The zero-order chi connectivity index (χ0) is 24.2. The molecule has 0 radical (unpaired) electrons. The first-order valence-electron chi connectivity index (χ1n) is 10.3. The van der Waals surface area contributed by atoms with Gasteiger partial charge in [0.2, 0.25) is 11.7 Å². The fourth-order valence-electron chi connectivity index (χ4n) is 3.48. The number of carbonyl (C=O) groups is 2. The van der Waals surface area contributed by atoms with E-state index in [9.17, 15) is 9.59 Å². The second-order valence-corrected chi connectivity index (χ2v) is 8.05. The highest BCUT2D eigenvalue weighted by Crippen LogP contribution is 2.40. The number of amides is 3. The Labute approximate surface area is 193 Å². The van der Waals surface area contributed by atoms with Crippen LogP contribution in [0.4, 0.5) is 21.9 Å². The number of fused-ring (bicyclic) bond motifs is 1. The number of hydrogen-bond donors (Lipinski definition) is 2. The molecule has 33 heavy (non-hydrogen) atoms. The first-order valence-corrected chi connectivity index (χ1v) is 10.3. The average Bonchev–Trinajstić information content (AvgIpc) is 2.88. The van der Waals surface area contributed by atoms with Crippen molar-refractivity contribution >= 4 is 29.0 Å². The van der Waals surface area contributed by atoms with Crippen LogP contribution in [0.1, 0.15) is 13.8 Å². The van der Waals surface area contributed by atoms with Gasteiger partial charge in [0, 0.05) is 24.4 Å². The Balaban J connectivity index is 1.84. The fraction of sp³-hybridized carbons (Fsp3) is 0.333. The summed E-state index contributed by atoms with van der Waals surface area (Å²) in [5.74, 6) is 1.73. The van der Waals surface area contributed by atoms with Gasteiger partial charge in [0.1, 0.15) is 12.4 Å². The number of nitrogens with zero attached hydrogens (tertiary/aromatic N) is 1. The number of carbonyl (C=O) groups excluding carboxylic acids is 2. The number of urea groups is 1. The number of anilines is 3. The summed E-state index contributed by atoms with van der Waals surface area (Å²) in [7, 11) is 4.50. The molecule has 2 aromatic rings. The molecule has 0 spiro atoms. The summed E-state index contributed by atoms with van der Waals surface area (Å²) in [5.41, 5.74) is 0.810. The zero-order valence-electron chi connectivity index (χ0n) is 19.5. The van der Waals surface area contributed by atoms with Crippen LogP contribution in [0, 0.1) is 5.41 Å². The number of rotatable bonds is 7. The lowest BCUT2D eigenvalue weighted by Crippen LogP contribution is -2.42. The third kappa shape index (κ3) is 4.97. The van der Waals surface area contributed by atoms with Crippen molar-refractivity contribution in [2.75, 3.05) is 50.0 Å². The molecule has 3 rings (SSSR count). The molecule has 2 N–H and O–H groups in total. The highest BCUT2D eigenvalue weighted by Gasteiger charge is 2.37. The predicted molar refractivity (Wildman–Crippen MR) is 127 cm³/mol. The maximum absolute atomic E-state index is 13.0. The molecular formula is C24H29N3O6. The van der Waals surface area contributed by atoms with Crippen LogP contribution >= 0.6 is 0 Å². The highest BCUT2D eigenvalue weighted by molar-refractivity contribution is 6.03. The van der Waals surface area contributed by atoms with Gasteiger partial charge in [-0.1, -0.05) is 6.08 Å². The molecule has 0 unspecified atom stereocenters. The van der Waals surface area contributed by atoms with E-state index >= 15 is 0 Å². The maximum atomic E-state index is 13.0. The van der Waals surface area contributed by atoms with Crippen molar-refractivity contribution in [1.29, 1.82) is 0 Å². The third-order valence-corrected chi connectivity index (χ3v) is 5.15. The van der Waals surface area contributed by atoms with Gasteiger partial charge in [-0.05, 0) is 32.0 Å². The van der Waals surface area contributed by atoms with Gasteiger partial charge < -0.3 is 34.5 Å². The van der Waals surface area contributed by atoms with Gasteiger partial charge in [-0.2, -0.15) is 0 Å². The molecule has 2 aromatic carbocycles. The Bertz CT molecular complexity index is 1040. The largest absolute Gasteiger partial charge is 0.493 e. The monoisotopic (exact) mass is 455 g/mol. The van der Waals surface area contributed by atoms with E-state index in [1.807, 2.05) is 13.8 Å². The molecule has 9 heteroatoms. The Kier molecular flexibility index (Phi) is 7.01. The minimum atomic E-state index is -0.695. The SMILES string of the molecule is C=CCN1C(=O)C(C)(C)COc2ccc(NC(=O)Nc3cc(OC)c(OC)c(OC)c3)cc21. The molecule has 176 valence electrons. The third-order valence-electron chi connectivity index (χ3n) is 5.15. The smallest absolute Gasteiger partial charge is 0.323 e. The molecule has 0 atom stereocenters. The lowest BCUT2D eigenvalue weighted by Gasteiger charge is -2.27. The van der Waals surface area contributed by atoms with E-state index in [4.69, 9.17) is 18.9 Å². The first-order chi connectivity index (χ1) is 15.7. The lowest BCUT2D eigenvalue weighted by molar-refractivity contribution is -0.127. The summed E-state index contributed by atoms with van der Waals surface area (Å²) in [6.07, 6.45) is 1.65. The van der Waals surface area contributed by atoms with E-state index in [1.165, 1.54) is 21.3 Å². The second kappa shape index (κ2) is 9.72. The van der Waals surface area contributed by atoms with Crippen LogP contribution in [0.15, 0.2) is 43.0 Å². The normalized spacial score (nSPS) is 14.3. The highest BCUT2D eigenvalue weighted by atomic mass is 16.5. The van der Waals surface area contributed by atoms with Crippen molar-refractivity contribution in [3.05, 3.63) is 43.0 Å². The van der Waals surface area contributed by atoms with Crippen molar-refractivity contribution in [1.82, 2.24) is 0 Å². The number of methoxy groups -OCH3 is 3. The Morgan fingerprint density at radius 3 is 2.30 bits per heavy atom. The van der Waals surface area contributed by atoms with Crippen LogP contribution in [-0.2, 0) is 4.79 Å². The van der Waals surface area contributed by atoms with Crippen molar-refractivity contribution in [2.24, 2.45) is 5.41 Å². The minimum absolute atomic E-state index is 0.0832. The molecule has 0 bridgehead atoms. The van der Waals surface area contributed by atoms with E-state index < -0.39 is 11.4 Å². The lowest BCUT2D eigenvalue weighted by atomic mass is 9.93. The molecular weight excluding hydrogens is 426 g/mol. The summed E-state index contributed by atoms with van der Waals surface area (Å²) in [4.78, 5) is 27.3. The summed E-state index contributed by atoms with van der Waals surface area (Å²) < 4.78 is 21.8. The van der Waals surface area contributed by atoms with Crippen LogP contribution in [0.5, 0.6) is 23.0 Å². The number of nitrogens with one attached hydrogen (secondary N) is 2. The van der Waals surface area contributed by atoms with Gasteiger partial charge in [0.15, 0.2) is 11.5 Å². The molecule has 3 amide bonds. The quantitative estimate of drug-likeness (QED) is 0.605. The van der Waals surface area contributed by atoms with Gasteiger partial charge in [0.25, 0.3) is 0 Å². The van der Waals surface area contributed by atoms with Crippen LogP contribution in [0.2, 0.25) is 0 Å². The van der Waals surface area contributed by atoms with Gasteiger partial charge in [-0.25, -0.2) is 4.79 Å². The number of hydrogen-bond acceptors (Lipinski definition) is 6. The standard InChI is InChI=1S/C24H29N3O6/c1-7-10-27-17-11-15(8-9-18(17)33-14-24(2,3)22(27)28)25-23(29)26-16-12-19(30-4)21(32-6)20(13-16)31-5/h7-9,11-13H,1,10,14H2,2-6H3,(H2,25,26,29). The molecule has 0 saturated carbocycles. The van der Waals surface area contributed by atoms with Crippen LogP contribution in [0.3, 0.4) is 0 Å². The van der Waals surface area contributed by atoms with Crippen molar-refractivity contribution in [3.8, 4) is 23.0 Å². The van der Waals surface area contributed by atoms with E-state index in [0.29, 0.717) is 46.6 Å². The molecule has 0 aliphatic carbocycles. The summed E-state index contributed by atoms with van der Waals surface area (Å²) >= 11 is 0. The molecule has 0 saturated heterocycles. The summed E-state index contributed by atoms with van der Waals surface area (Å²) in [6, 6.07) is 7.90. The van der Waals surface area contributed by atoms with Crippen LogP contribution in [-0.4, -0.2) is 46.4 Å². The number of ether oxygens (including phenoxy) is 4. The molecule has 9 nitrogen and oxygen atoms in total. The van der Waals surface area contributed by atoms with Gasteiger partial charge in [-0.3, -0.25) is 4.79 Å². The van der Waals surface area contributed by atoms with E-state index in [2.05, 4.69) is 17.2 Å². The molecule has 0 fully saturated rings. The second-order valence-electron chi connectivity index (χ2n) is 8.05. The maximum Gasteiger partial charge on any atom is 0.323 e. The summed E-state index contributed by atoms with van der Waals surface area (Å²) in [5, 5.41) is 5.53. The van der Waals surface area contributed by atoms with Gasteiger partial charge in [-0.15, -0.1) is 6.58 Å². The molecule has 0 aromatic heterocycles. The van der Waals surface area contributed by atoms with E-state index in [-0.39, 0.29) is 12.5 Å². The van der Waals surface area contributed by atoms with Crippen LogP contribution < -0.4 is 34.5 Å². The Hall–Kier alpha value is -3.88. The van der Waals surface area contributed by atoms with Crippen molar-refractivity contribution < 1.29 is 28.5 Å². The van der Waals surface area contributed by atoms with Gasteiger partial charge in [0.05, 0.1) is 38.1 Å². The molecule has 1 aliphatic rings. The van der Waals surface area contributed by atoms with Crippen LogP contribution in [0.25, 0.3) is 0 Å².